The zero-order chi connectivity index (χ0) is 18.2. The van der Waals surface area contributed by atoms with E-state index in [1.165, 1.54) is 17.3 Å². The number of carbonyl (C=O) groups is 1. The normalized spacial score (nSPS) is 10.7. The van der Waals surface area contributed by atoms with Gasteiger partial charge in [-0.15, -0.1) is 10.2 Å². The van der Waals surface area contributed by atoms with Gasteiger partial charge >= 0.3 is 0 Å². The summed E-state index contributed by atoms with van der Waals surface area (Å²) < 4.78 is 2.03. The SMILES string of the molecule is Cc1nnc(SCC(=O)NCCc2cccnc2)n1Cc1ccccc1. The number of nitrogens with one attached hydrogen (secondary N) is 1. The molecule has 0 saturated carbocycles. The van der Waals surface area contributed by atoms with Gasteiger partial charge in [0, 0.05) is 18.9 Å². The first-order chi connectivity index (χ1) is 12.7. The summed E-state index contributed by atoms with van der Waals surface area (Å²) in [5.41, 5.74) is 2.29. The highest BCUT2D eigenvalue weighted by Gasteiger charge is 2.12. The van der Waals surface area contributed by atoms with Gasteiger partial charge in [0.05, 0.1) is 12.3 Å². The molecule has 0 aliphatic carbocycles. The van der Waals surface area contributed by atoms with Crippen LogP contribution in [0.2, 0.25) is 0 Å². The first kappa shape index (κ1) is 18.1. The van der Waals surface area contributed by atoms with E-state index in [1.807, 2.05) is 48.0 Å². The summed E-state index contributed by atoms with van der Waals surface area (Å²) in [6, 6.07) is 14.1. The molecule has 0 spiro atoms. The third kappa shape index (κ3) is 5.16. The van der Waals surface area contributed by atoms with Crippen molar-refractivity contribution in [2.45, 2.75) is 25.0 Å². The predicted molar refractivity (Wildman–Crippen MR) is 102 cm³/mol. The van der Waals surface area contributed by atoms with Gasteiger partial charge in [0.25, 0.3) is 0 Å². The fourth-order valence-corrected chi connectivity index (χ4v) is 3.30. The van der Waals surface area contributed by atoms with E-state index < -0.39 is 0 Å². The van der Waals surface area contributed by atoms with Crippen molar-refractivity contribution in [1.29, 1.82) is 0 Å². The number of thioether (sulfide) groups is 1. The van der Waals surface area contributed by atoms with Crippen LogP contribution in [0, 0.1) is 6.92 Å². The highest BCUT2D eigenvalue weighted by molar-refractivity contribution is 7.99. The van der Waals surface area contributed by atoms with Gasteiger partial charge in [0.15, 0.2) is 5.16 Å². The lowest BCUT2D eigenvalue weighted by atomic mass is 10.2. The molecule has 0 bridgehead atoms. The van der Waals surface area contributed by atoms with Crippen molar-refractivity contribution in [3.05, 3.63) is 71.8 Å². The van der Waals surface area contributed by atoms with Crippen molar-refractivity contribution >= 4 is 17.7 Å². The maximum Gasteiger partial charge on any atom is 0.230 e. The number of amides is 1. The van der Waals surface area contributed by atoms with E-state index in [9.17, 15) is 4.79 Å². The maximum atomic E-state index is 12.1. The molecule has 3 aromatic rings. The van der Waals surface area contributed by atoms with Crippen LogP contribution >= 0.6 is 11.8 Å². The van der Waals surface area contributed by atoms with Crippen LogP contribution in [-0.4, -0.2) is 38.0 Å². The van der Waals surface area contributed by atoms with Crippen molar-refractivity contribution in [1.82, 2.24) is 25.1 Å². The van der Waals surface area contributed by atoms with E-state index in [-0.39, 0.29) is 5.91 Å². The smallest absolute Gasteiger partial charge is 0.230 e. The van der Waals surface area contributed by atoms with Gasteiger partial charge < -0.3 is 9.88 Å². The highest BCUT2D eigenvalue weighted by atomic mass is 32.2. The van der Waals surface area contributed by atoms with Gasteiger partial charge in [-0.25, -0.2) is 0 Å². The minimum Gasteiger partial charge on any atom is -0.355 e. The fourth-order valence-electron chi connectivity index (χ4n) is 2.49. The lowest BCUT2D eigenvalue weighted by molar-refractivity contribution is -0.118. The Morgan fingerprint density at radius 2 is 1.92 bits per heavy atom. The molecule has 0 unspecified atom stereocenters. The van der Waals surface area contributed by atoms with Crippen LogP contribution in [0.25, 0.3) is 0 Å². The molecule has 6 nitrogen and oxygen atoms in total. The number of hydrogen-bond acceptors (Lipinski definition) is 5. The van der Waals surface area contributed by atoms with Crippen LogP contribution < -0.4 is 5.32 Å². The van der Waals surface area contributed by atoms with Gasteiger partial charge in [0.2, 0.25) is 5.91 Å². The van der Waals surface area contributed by atoms with Crippen LogP contribution in [0.4, 0.5) is 0 Å². The number of nitrogens with zero attached hydrogens (tertiary/aromatic N) is 4. The van der Waals surface area contributed by atoms with Crippen LogP contribution in [-0.2, 0) is 17.8 Å². The monoisotopic (exact) mass is 367 g/mol. The van der Waals surface area contributed by atoms with Crippen LogP contribution in [0.1, 0.15) is 17.0 Å². The molecule has 26 heavy (non-hydrogen) atoms. The number of pyridine rings is 1. The zero-order valence-corrected chi connectivity index (χ0v) is 15.4. The molecule has 134 valence electrons. The quantitative estimate of drug-likeness (QED) is 0.619. The number of rotatable bonds is 8. The largest absolute Gasteiger partial charge is 0.355 e. The molecular formula is C19H21N5OS. The van der Waals surface area contributed by atoms with Crippen LogP contribution in [0.5, 0.6) is 0 Å². The van der Waals surface area contributed by atoms with Crippen molar-refractivity contribution in [3.63, 3.8) is 0 Å². The molecule has 2 aromatic heterocycles. The Hall–Kier alpha value is -2.67. The summed E-state index contributed by atoms with van der Waals surface area (Å²) in [5.74, 6) is 1.15. The lowest BCUT2D eigenvalue weighted by Gasteiger charge is -2.09. The first-order valence-electron chi connectivity index (χ1n) is 8.44. The van der Waals surface area contributed by atoms with E-state index in [1.54, 1.807) is 6.20 Å². The molecule has 0 fully saturated rings. The summed E-state index contributed by atoms with van der Waals surface area (Å²) in [6.45, 7) is 3.22. The number of aryl methyl sites for hydroxylation is 1. The van der Waals surface area contributed by atoms with E-state index in [2.05, 4.69) is 32.6 Å². The Balaban J connectivity index is 1.49. The van der Waals surface area contributed by atoms with Crippen LogP contribution in [0.15, 0.2) is 60.0 Å². The van der Waals surface area contributed by atoms with E-state index >= 15 is 0 Å². The maximum absolute atomic E-state index is 12.1. The summed E-state index contributed by atoms with van der Waals surface area (Å²) >= 11 is 1.41. The molecule has 0 aliphatic heterocycles. The van der Waals surface area contributed by atoms with E-state index in [4.69, 9.17) is 0 Å². The number of carbonyl (C=O) groups excluding carboxylic acids is 1. The second-order valence-corrected chi connectivity index (χ2v) is 6.79. The molecule has 1 amide bonds. The van der Waals surface area contributed by atoms with Gasteiger partial charge in [0.1, 0.15) is 5.82 Å². The number of hydrogen-bond donors (Lipinski definition) is 1. The standard InChI is InChI=1S/C19H21N5OS/c1-15-22-23-19(24(15)13-17-6-3-2-4-7-17)26-14-18(25)21-11-9-16-8-5-10-20-12-16/h2-8,10,12H,9,11,13-14H2,1H3,(H,21,25). The number of benzene rings is 1. The topological polar surface area (TPSA) is 72.7 Å². The van der Waals surface area contributed by atoms with Crippen LogP contribution in [0.3, 0.4) is 0 Å². The molecule has 0 saturated heterocycles. The second-order valence-electron chi connectivity index (χ2n) is 5.85. The average Bonchev–Trinajstić information content (AvgIpc) is 3.01. The fraction of sp³-hybridized carbons (Fsp3) is 0.263. The summed E-state index contributed by atoms with van der Waals surface area (Å²) in [6.07, 6.45) is 4.33. The average molecular weight is 367 g/mol. The lowest BCUT2D eigenvalue weighted by Crippen LogP contribution is -2.27. The third-order valence-electron chi connectivity index (χ3n) is 3.88. The van der Waals surface area contributed by atoms with Gasteiger partial charge in [-0.05, 0) is 30.5 Å². The highest BCUT2D eigenvalue weighted by Crippen LogP contribution is 2.18. The molecule has 0 atom stereocenters. The van der Waals surface area contributed by atoms with Gasteiger partial charge in [-0.3, -0.25) is 9.78 Å². The Labute approximate surface area is 157 Å². The summed E-state index contributed by atoms with van der Waals surface area (Å²) in [5, 5.41) is 12.0. The van der Waals surface area contributed by atoms with Crippen molar-refractivity contribution in [3.8, 4) is 0 Å². The minimum atomic E-state index is -0.00851. The molecule has 2 heterocycles. The Kier molecular flexibility index (Phi) is 6.38. The number of aromatic nitrogens is 4. The Morgan fingerprint density at radius 1 is 1.12 bits per heavy atom. The molecule has 1 N–H and O–H groups in total. The second kappa shape index (κ2) is 9.15. The summed E-state index contributed by atoms with van der Waals surface area (Å²) in [4.78, 5) is 16.1. The van der Waals surface area contributed by atoms with Gasteiger partial charge in [-0.1, -0.05) is 48.2 Å². The van der Waals surface area contributed by atoms with E-state index in [0.29, 0.717) is 18.8 Å². The molecule has 3 rings (SSSR count). The molecule has 0 aliphatic rings. The zero-order valence-electron chi connectivity index (χ0n) is 14.6. The minimum absolute atomic E-state index is 0.00851. The van der Waals surface area contributed by atoms with Gasteiger partial charge in [-0.2, -0.15) is 0 Å². The molecule has 0 radical (unpaired) electrons. The Morgan fingerprint density at radius 3 is 2.69 bits per heavy atom. The predicted octanol–water partition coefficient (Wildman–Crippen LogP) is 2.48. The molecule has 7 heteroatoms. The first-order valence-corrected chi connectivity index (χ1v) is 9.43. The third-order valence-corrected chi connectivity index (χ3v) is 4.84. The van der Waals surface area contributed by atoms with E-state index in [0.717, 1.165) is 23.0 Å². The molecular weight excluding hydrogens is 346 g/mol. The van der Waals surface area contributed by atoms with Crippen molar-refractivity contribution in [2.75, 3.05) is 12.3 Å². The Bertz CT molecular complexity index is 836. The van der Waals surface area contributed by atoms with Crippen molar-refractivity contribution < 1.29 is 4.79 Å². The summed E-state index contributed by atoms with van der Waals surface area (Å²) in [7, 11) is 0. The molecule has 1 aromatic carbocycles. The van der Waals surface area contributed by atoms with Crippen molar-refractivity contribution in [2.24, 2.45) is 0 Å².